The Morgan fingerprint density at radius 2 is 1.68 bits per heavy atom. The van der Waals surface area contributed by atoms with Crippen LogP contribution in [0.5, 0.6) is 5.75 Å². The molecule has 0 saturated carbocycles. The van der Waals surface area contributed by atoms with E-state index in [2.05, 4.69) is 94.9 Å². The number of nitrogens with one attached hydrogen (secondary N) is 1. The molecule has 1 aromatic heterocycles. The first kappa shape index (κ1) is 29.5. The molecule has 0 aliphatic rings. The maximum atomic E-state index is 13.6. The lowest BCUT2D eigenvalue weighted by molar-refractivity contribution is 0.0949. The van der Waals surface area contributed by atoms with Crippen LogP contribution in [-0.2, 0) is 13.0 Å². The topological polar surface area (TPSA) is 51.5 Å². The lowest BCUT2D eigenvalue weighted by atomic mass is 9.95. The molecule has 0 radical (unpaired) electrons. The number of hydrogen-bond acceptors (Lipinski definition) is 3. The van der Waals surface area contributed by atoms with E-state index in [0.29, 0.717) is 6.54 Å². The Morgan fingerprint density at radius 1 is 0.864 bits per heavy atom. The fourth-order valence-electron chi connectivity index (χ4n) is 5.56. The zero-order valence-electron chi connectivity index (χ0n) is 24.9. The second kappa shape index (κ2) is 13.4. The molecule has 4 nitrogen and oxygen atoms in total. The van der Waals surface area contributed by atoms with Crippen LogP contribution in [0, 0.1) is 0 Å². The van der Waals surface area contributed by atoms with Crippen molar-refractivity contribution in [2.45, 2.75) is 32.7 Å². The van der Waals surface area contributed by atoms with Crippen LogP contribution >= 0.6 is 15.9 Å². The quantitative estimate of drug-likeness (QED) is 0.151. The van der Waals surface area contributed by atoms with Gasteiger partial charge >= 0.3 is 0 Å². The third kappa shape index (κ3) is 6.34. The summed E-state index contributed by atoms with van der Waals surface area (Å²) in [6, 6.07) is 34.7. The van der Waals surface area contributed by atoms with Crippen LogP contribution in [0.3, 0.4) is 0 Å². The van der Waals surface area contributed by atoms with E-state index in [0.717, 1.165) is 79.6 Å². The van der Waals surface area contributed by atoms with Gasteiger partial charge in [0, 0.05) is 27.5 Å². The number of amides is 1. The van der Waals surface area contributed by atoms with E-state index in [1.165, 1.54) is 10.8 Å². The average molecular weight is 645 g/mol. The van der Waals surface area contributed by atoms with Gasteiger partial charge in [-0.15, -0.1) is 0 Å². The molecule has 0 unspecified atom stereocenters. The number of halogens is 1. The molecule has 0 fully saturated rings. The number of fused-ring (bicyclic) bond motifs is 3. The van der Waals surface area contributed by atoms with Crippen molar-refractivity contribution in [2.24, 2.45) is 0 Å². The molecule has 6 aromatic rings. The molecule has 0 atom stereocenters. The molecule has 220 valence electrons. The Hall–Kier alpha value is -4.61. The smallest absolute Gasteiger partial charge is 0.252 e. The summed E-state index contributed by atoms with van der Waals surface area (Å²) in [5.74, 6) is 1.55. The minimum absolute atomic E-state index is 0.0704. The van der Waals surface area contributed by atoms with Crippen molar-refractivity contribution in [1.82, 2.24) is 5.32 Å². The van der Waals surface area contributed by atoms with Crippen molar-refractivity contribution >= 4 is 55.7 Å². The first-order valence-electron chi connectivity index (χ1n) is 15.0. The Morgan fingerprint density at radius 3 is 2.48 bits per heavy atom. The van der Waals surface area contributed by atoms with Crippen molar-refractivity contribution in [3.05, 3.63) is 135 Å². The van der Waals surface area contributed by atoms with E-state index in [1.54, 1.807) is 7.11 Å². The first-order chi connectivity index (χ1) is 21.5. The minimum Gasteiger partial charge on any atom is -0.497 e. The summed E-state index contributed by atoms with van der Waals surface area (Å²) in [5.41, 5.74) is 6.59. The van der Waals surface area contributed by atoms with Crippen LogP contribution in [0.2, 0.25) is 0 Å². The summed E-state index contributed by atoms with van der Waals surface area (Å²) in [6.07, 6.45) is 7.03. The highest BCUT2D eigenvalue weighted by Crippen LogP contribution is 2.35. The van der Waals surface area contributed by atoms with Gasteiger partial charge in [-0.25, -0.2) is 0 Å². The van der Waals surface area contributed by atoms with Gasteiger partial charge in [0.05, 0.1) is 7.11 Å². The normalized spacial score (nSPS) is 11.4. The Bertz CT molecular complexity index is 1970. The summed E-state index contributed by atoms with van der Waals surface area (Å²) >= 11 is 3.78. The highest BCUT2D eigenvalue weighted by molar-refractivity contribution is 9.10. The molecule has 6 rings (SSSR count). The van der Waals surface area contributed by atoms with E-state index in [4.69, 9.17) is 9.15 Å². The maximum Gasteiger partial charge on any atom is 0.252 e. The number of benzene rings is 5. The van der Waals surface area contributed by atoms with Gasteiger partial charge in [-0.05, 0) is 76.2 Å². The van der Waals surface area contributed by atoms with E-state index >= 15 is 0 Å². The van der Waals surface area contributed by atoms with E-state index in [-0.39, 0.29) is 5.91 Å². The Labute approximate surface area is 266 Å². The van der Waals surface area contributed by atoms with E-state index in [1.807, 2.05) is 48.5 Å². The number of aryl methyl sites for hydroxylation is 1. The second-order valence-corrected chi connectivity index (χ2v) is 11.7. The fraction of sp³-hybridized carbons (Fsp3) is 0.154. The third-order valence-electron chi connectivity index (χ3n) is 7.98. The summed E-state index contributed by atoms with van der Waals surface area (Å²) in [6.45, 7) is 2.61. The van der Waals surface area contributed by atoms with E-state index < -0.39 is 0 Å². The van der Waals surface area contributed by atoms with Crippen molar-refractivity contribution in [3.8, 4) is 17.1 Å². The van der Waals surface area contributed by atoms with Crippen LogP contribution in [0.1, 0.15) is 52.4 Å². The summed E-state index contributed by atoms with van der Waals surface area (Å²) in [5, 5.41) is 6.62. The molecular weight excluding hydrogens is 610 g/mol. The van der Waals surface area contributed by atoms with Crippen LogP contribution in [0.15, 0.2) is 112 Å². The number of methoxy groups -OCH3 is 1. The molecule has 0 aliphatic heterocycles. The monoisotopic (exact) mass is 643 g/mol. The highest BCUT2D eigenvalue weighted by atomic mass is 79.9. The van der Waals surface area contributed by atoms with E-state index in [9.17, 15) is 4.79 Å². The molecule has 5 aromatic carbocycles. The standard InChI is InChI=1S/C39H34BrNO3/c1-3-4-8-29-10-7-11-30(38(29)39(42)41-25-26-13-20-32(43-2)21-14-26)17-15-28-16-18-31(23-35(28)40)37-24-34-33-12-6-5-9-27(33)19-22-36(34)44-37/h5-7,9-24H,3-4,8,25H2,1-2H3,(H,41,42). The van der Waals surface area contributed by atoms with Crippen molar-refractivity contribution in [1.29, 1.82) is 0 Å². The summed E-state index contributed by atoms with van der Waals surface area (Å²) < 4.78 is 12.5. The SMILES string of the molecule is CCCCc1cccc(C=Cc2ccc(-c3cc4c(ccc5ccccc54)o3)cc2Br)c1C(=O)NCc1ccc(OC)cc1. The molecule has 1 heterocycles. The van der Waals surface area contributed by atoms with Gasteiger partial charge in [-0.3, -0.25) is 4.79 Å². The second-order valence-electron chi connectivity index (χ2n) is 10.9. The van der Waals surface area contributed by atoms with Gasteiger partial charge < -0.3 is 14.5 Å². The van der Waals surface area contributed by atoms with Crippen LogP contribution in [0.4, 0.5) is 0 Å². The molecule has 1 N–H and O–H groups in total. The number of unbranched alkanes of at least 4 members (excludes halogenated alkanes) is 1. The van der Waals surface area contributed by atoms with Gasteiger partial charge in [-0.2, -0.15) is 0 Å². The van der Waals surface area contributed by atoms with Crippen molar-refractivity contribution in [2.75, 3.05) is 7.11 Å². The van der Waals surface area contributed by atoms with Crippen LogP contribution in [0.25, 0.3) is 45.2 Å². The number of hydrogen-bond donors (Lipinski definition) is 1. The third-order valence-corrected chi connectivity index (χ3v) is 8.66. The lowest BCUT2D eigenvalue weighted by Gasteiger charge is -2.14. The highest BCUT2D eigenvalue weighted by Gasteiger charge is 2.16. The van der Waals surface area contributed by atoms with Gasteiger partial charge in [0.15, 0.2) is 0 Å². The maximum absolute atomic E-state index is 13.6. The lowest BCUT2D eigenvalue weighted by Crippen LogP contribution is -2.25. The predicted molar refractivity (Wildman–Crippen MR) is 185 cm³/mol. The molecule has 0 saturated heterocycles. The molecule has 0 spiro atoms. The van der Waals surface area contributed by atoms with Gasteiger partial charge in [-0.1, -0.05) is 114 Å². The van der Waals surface area contributed by atoms with Gasteiger partial charge in [0.2, 0.25) is 0 Å². The van der Waals surface area contributed by atoms with Crippen LogP contribution in [-0.4, -0.2) is 13.0 Å². The number of rotatable bonds is 10. The molecular formula is C39H34BrNO3. The predicted octanol–water partition coefficient (Wildman–Crippen LogP) is 10.5. The average Bonchev–Trinajstić information content (AvgIpc) is 3.51. The zero-order valence-corrected chi connectivity index (χ0v) is 26.5. The van der Waals surface area contributed by atoms with Crippen molar-refractivity contribution in [3.63, 3.8) is 0 Å². The van der Waals surface area contributed by atoms with Crippen molar-refractivity contribution < 1.29 is 13.9 Å². The Kier molecular flexibility index (Phi) is 8.94. The zero-order chi connectivity index (χ0) is 30.5. The fourth-order valence-corrected chi connectivity index (χ4v) is 6.07. The summed E-state index contributed by atoms with van der Waals surface area (Å²) in [7, 11) is 1.65. The first-order valence-corrected chi connectivity index (χ1v) is 15.8. The molecule has 0 aliphatic carbocycles. The van der Waals surface area contributed by atoms with Crippen LogP contribution < -0.4 is 10.1 Å². The minimum atomic E-state index is -0.0704. The number of furan rings is 1. The number of carbonyl (C=O) groups is 1. The largest absolute Gasteiger partial charge is 0.497 e. The number of carbonyl (C=O) groups excluding carboxylic acids is 1. The van der Waals surface area contributed by atoms with Gasteiger partial charge in [0.1, 0.15) is 17.1 Å². The molecule has 0 bridgehead atoms. The summed E-state index contributed by atoms with van der Waals surface area (Å²) in [4.78, 5) is 13.6. The molecule has 44 heavy (non-hydrogen) atoms. The van der Waals surface area contributed by atoms with Gasteiger partial charge in [0.25, 0.3) is 5.91 Å². The molecule has 5 heteroatoms. The number of ether oxygens (including phenoxy) is 1. The Balaban J connectivity index is 1.26. The molecule has 1 amide bonds.